The van der Waals surface area contributed by atoms with Crippen molar-refractivity contribution in [1.82, 2.24) is 59.4 Å². The summed E-state index contributed by atoms with van der Waals surface area (Å²) in [7, 11) is 0. The Bertz CT molecular complexity index is 5500. The van der Waals surface area contributed by atoms with Crippen molar-refractivity contribution in [3.05, 3.63) is 289 Å². The van der Waals surface area contributed by atoms with Crippen LogP contribution in [-0.4, -0.2) is 65.2 Å². The second kappa shape index (κ2) is 27.1. The maximum atomic E-state index is 12.6. The lowest BCUT2D eigenvalue weighted by Gasteiger charge is -2.11. The second-order valence-electron chi connectivity index (χ2n) is 22.6. The van der Waals surface area contributed by atoms with E-state index in [1.54, 1.807) is 50.2 Å². The summed E-state index contributed by atoms with van der Waals surface area (Å²) in [4.78, 5) is 41.6. The molecule has 0 amide bonds. The van der Waals surface area contributed by atoms with E-state index in [1.807, 2.05) is 216 Å². The lowest BCUT2D eigenvalue weighted by molar-refractivity contribution is -0.117. The summed E-state index contributed by atoms with van der Waals surface area (Å²) in [6.45, 7) is 4.09. The molecule has 21 heteroatoms. The number of Topliss-reactive ketones (excluding diaryl/α,β-unsaturated/α-hetero) is 1. The average Bonchev–Trinajstić information content (AvgIpc) is 1.84. The number of furan rings is 6. The van der Waals surface area contributed by atoms with Crippen LogP contribution in [0.5, 0.6) is 0 Å². The largest absolute Gasteiger partial charge is 0.463 e. The number of aromatic nitrogens is 12. The minimum absolute atomic E-state index is 0.162. The minimum atomic E-state index is 0.162. The average molecular weight is 1340 g/mol. The molecule has 0 aliphatic heterocycles. The molecule has 17 aromatic rings. The number of ketones is 1. The molecule has 20 nitrogen and oxygen atoms in total. The summed E-state index contributed by atoms with van der Waals surface area (Å²) in [5.41, 5.74) is 16.3. The molecule has 11 aromatic heterocycles. The highest BCUT2D eigenvalue weighted by atomic mass is 79.9. The number of aryl methyl sites for hydroxylation is 2. The van der Waals surface area contributed by atoms with Crippen LogP contribution in [0.3, 0.4) is 0 Å². The number of nitrogens with zero attached hydrogens (tertiary/aromatic N) is 12. The van der Waals surface area contributed by atoms with Crippen LogP contribution in [0.2, 0.25) is 0 Å². The third-order valence-electron chi connectivity index (χ3n) is 15.8. The van der Waals surface area contributed by atoms with Crippen molar-refractivity contribution < 1.29 is 31.3 Å². The molecular formula is C76H54BrN13O7. The SMILES string of the molecule is Brc1ccc(-n2cnnc2Cc2ccc3nc(-c4ccco4)c(-c4ccco4)nc3c2)cc1.Cc1ccc(CC(=O)Cc2ccc3nc(-c4ccco4)c(-c4ccco4)nc3c2)cc1.Cc1ccc(Nc2nncn2-c2ccc3nc(-c4ccco4)c(-c4ccco4)nc3c2)cc1. The number of nitrogens with one attached hydrogen (secondary N) is 1. The van der Waals surface area contributed by atoms with E-state index < -0.39 is 0 Å². The summed E-state index contributed by atoms with van der Waals surface area (Å²) in [6.07, 6.45) is 14.4. The minimum Gasteiger partial charge on any atom is -0.463 e. The van der Waals surface area contributed by atoms with Crippen molar-refractivity contribution in [2.24, 2.45) is 0 Å². The standard InChI is InChI=1S/C26H20N2O3.C25H16BrN5O2.C25H18N6O2/c1-17-6-8-18(9-7-17)14-20(29)15-19-10-11-21-22(16-19)28-26(24-5-3-13-31-24)25(27-21)23-4-2-12-30-23;26-17-6-8-18(9-7-17)31-15-27-30-23(31)14-16-5-10-19-20(13-16)29-25(22-4-2-12-33-22)24(28-19)21-3-1-11-32-21;1-16-6-8-17(9-7-16)27-25-30-26-15-31(25)18-10-11-19-20(14-18)29-24(22-5-3-13-33-22)23(28-19)21-4-2-12-32-21/h2-13,16H,14-15H2,1H3;1-13,15H,14H2;2-15H,1H3,(H,27,30). The first-order valence-corrected chi connectivity index (χ1v) is 31.6. The third kappa shape index (κ3) is 13.4. The molecule has 0 fully saturated rings. The number of hydrogen-bond donors (Lipinski definition) is 1. The van der Waals surface area contributed by atoms with Crippen molar-refractivity contribution in [3.8, 4) is 80.1 Å². The maximum Gasteiger partial charge on any atom is 0.233 e. The Labute approximate surface area is 561 Å². The van der Waals surface area contributed by atoms with E-state index in [0.29, 0.717) is 105 Å². The van der Waals surface area contributed by atoms with Gasteiger partial charge in [-0.05, 0) is 182 Å². The lowest BCUT2D eigenvalue weighted by atomic mass is 10.0. The number of benzene rings is 6. The molecule has 0 saturated heterocycles. The highest BCUT2D eigenvalue weighted by molar-refractivity contribution is 9.10. The number of carbonyl (C=O) groups excluding carboxylic acids is 1. The van der Waals surface area contributed by atoms with Gasteiger partial charge in [-0.2, -0.15) is 0 Å². The first-order chi connectivity index (χ1) is 47.6. The molecule has 1 N–H and O–H groups in total. The Morgan fingerprint density at radius 1 is 0.392 bits per heavy atom. The van der Waals surface area contributed by atoms with Crippen LogP contribution in [0.15, 0.2) is 281 Å². The number of rotatable bonds is 16. The van der Waals surface area contributed by atoms with E-state index in [0.717, 1.165) is 66.1 Å². The topological polar surface area (TPSA) is 247 Å². The maximum absolute atomic E-state index is 12.6. The monoisotopic (exact) mass is 1340 g/mol. The van der Waals surface area contributed by atoms with Crippen LogP contribution in [0.1, 0.15) is 33.6 Å². The van der Waals surface area contributed by atoms with E-state index >= 15 is 0 Å². The van der Waals surface area contributed by atoms with Gasteiger partial charge < -0.3 is 31.8 Å². The van der Waals surface area contributed by atoms with Crippen molar-refractivity contribution in [2.45, 2.75) is 33.1 Å². The van der Waals surface area contributed by atoms with Crippen LogP contribution in [0.4, 0.5) is 11.6 Å². The second-order valence-corrected chi connectivity index (χ2v) is 23.5. The molecule has 0 unspecified atom stereocenters. The first kappa shape index (κ1) is 60.5. The number of fused-ring (bicyclic) bond motifs is 3. The molecule has 17 rings (SSSR count). The van der Waals surface area contributed by atoms with Gasteiger partial charge in [-0.25, -0.2) is 29.9 Å². The molecule has 0 aliphatic rings. The normalized spacial score (nSPS) is 11.2. The zero-order chi connectivity index (χ0) is 65.6. The van der Waals surface area contributed by atoms with Gasteiger partial charge in [0.2, 0.25) is 5.95 Å². The molecule has 0 radical (unpaired) electrons. The molecule has 0 saturated carbocycles. The highest BCUT2D eigenvalue weighted by Gasteiger charge is 2.22. The Morgan fingerprint density at radius 3 is 1.25 bits per heavy atom. The van der Waals surface area contributed by atoms with Gasteiger partial charge >= 0.3 is 0 Å². The van der Waals surface area contributed by atoms with E-state index in [1.165, 1.54) is 11.1 Å². The van der Waals surface area contributed by atoms with Gasteiger partial charge in [-0.3, -0.25) is 13.9 Å². The zero-order valence-corrected chi connectivity index (χ0v) is 53.5. The van der Waals surface area contributed by atoms with E-state index in [4.69, 9.17) is 56.4 Å². The van der Waals surface area contributed by atoms with Gasteiger partial charge in [0.05, 0.1) is 76.4 Å². The van der Waals surface area contributed by atoms with E-state index in [9.17, 15) is 4.79 Å². The molecule has 97 heavy (non-hydrogen) atoms. The van der Waals surface area contributed by atoms with Gasteiger partial charge in [-0.1, -0.05) is 75.6 Å². The summed E-state index contributed by atoms with van der Waals surface area (Å²) in [5, 5.41) is 20.1. The van der Waals surface area contributed by atoms with Gasteiger partial charge in [0.1, 0.15) is 58.4 Å². The Morgan fingerprint density at radius 2 is 0.773 bits per heavy atom. The molecule has 11 heterocycles. The van der Waals surface area contributed by atoms with Crippen LogP contribution in [0.25, 0.3) is 113 Å². The summed E-state index contributed by atoms with van der Waals surface area (Å²) in [6, 6.07) is 63.9. The summed E-state index contributed by atoms with van der Waals surface area (Å²) < 4.78 is 38.5. The van der Waals surface area contributed by atoms with Crippen molar-refractivity contribution in [1.29, 1.82) is 0 Å². The molecule has 6 aromatic carbocycles. The van der Waals surface area contributed by atoms with Gasteiger partial charge in [0.25, 0.3) is 0 Å². The van der Waals surface area contributed by atoms with Crippen LogP contribution < -0.4 is 5.32 Å². The van der Waals surface area contributed by atoms with Crippen LogP contribution >= 0.6 is 15.9 Å². The van der Waals surface area contributed by atoms with E-state index in [-0.39, 0.29) is 5.78 Å². The Hall–Kier alpha value is -12.8. The van der Waals surface area contributed by atoms with Gasteiger partial charge in [-0.15, -0.1) is 20.4 Å². The molecule has 0 atom stereocenters. The Balaban J connectivity index is 0.000000119. The van der Waals surface area contributed by atoms with Crippen LogP contribution in [0, 0.1) is 13.8 Å². The Kier molecular flexibility index (Phi) is 16.9. The fourth-order valence-electron chi connectivity index (χ4n) is 11.0. The quantitative estimate of drug-likeness (QED) is 0.0944. The first-order valence-electron chi connectivity index (χ1n) is 30.8. The predicted molar refractivity (Wildman–Crippen MR) is 370 cm³/mol. The smallest absolute Gasteiger partial charge is 0.233 e. The lowest BCUT2D eigenvalue weighted by Crippen LogP contribution is -2.07. The molecule has 0 bridgehead atoms. The number of carbonyl (C=O) groups is 1. The molecule has 472 valence electrons. The third-order valence-corrected chi connectivity index (χ3v) is 16.3. The van der Waals surface area contributed by atoms with Crippen molar-refractivity contribution in [2.75, 3.05) is 5.32 Å². The number of halogens is 1. The van der Waals surface area contributed by atoms with Crippen LogP contribution in [-0.2, 0) is 24.1 Å². The van der Waals surface area contributed by atoms with Gasteiger partial charge in [0.15, 0.2) is 34.6 Å². The van der Waals surface area contributed by atoms with Crippen molar-refractivity contribution >= 4 is 66.4 Å². The number of anilines is 2. The summed E-state index contributed by atoms with van der Waals surface area (Å²) >= 11 is 3.48. The molecular weight excluding hydrogens is 1290 g/mol. The predicted octanol–water partition coefficient (Wildman–Crippen LogP) is 17.7. The van der Waals surface area contributed by atoms with E-state index in [2.05, 4.69) is 48.6 Å². The zero-order valence-electron chi connectivity index (χ0n) is 51.9. The highest BCUT2D eigenvalue weighted by Crippen LogP contribution is 2.36. The fraction of sp³-hybridized carbons (Fsp3) is 0.0658. The molecule has 0 spiro atoms. The van der Waals surface area contributed by atoms with Gasteiger partial charge in [0, 0.05) is 35.1 Å². The molecule has 0 aliphatic carbocycles. The summed E-state index contributed by atoms with van der Waals surface area (Å²) in [5.74, 6) is 5.36. The fourth-order valence-corrected chi connectivity index (χ4v) is 11.3. The number of hydrogen-bond acceptors (Lipinski definition) is 18. The van der Waals surface area contributed by atoms with Crippen molar-refractivity contribution in [3.63, 3.8) is 0 Å².